The molecule has 1 aromatic heterocycles. The highest BCUT2D eigenvalue weighted by Crippen LogP contribution is 2.26. The fourth-order valence-electron chi connectivity index (χ4n) is 2.79. The van der Waals surface area contributed by atoms with E-state index in [-0.39, 0.29) is 0 Å². The highest BCUT2D eigenvalue weighted by atomic mass is 35.5. The van der Waals surface area contributed by atoms with Crippen LogP contribution < -0.4 is 5.32 Å². The molecule has 0 saturated heterocycles. The van der Waals surface area contributed by atoms with Crippen LogP contribution in [0.5, 0.6) is 0 Å². The Bertz CT molecular complexity index is 577. The zero-order valence-corrected chi connectivity index (χ0v) is 14.0. The molecule has 3 nitrogen and oxygen atoms in total. The number of nitrogens with zero attached hydrogens (tertiary/aromatic N) is 2. The van der Waals surface area contributed by atoms with Gasteiger partial charge in [-0.2, -0.15) is 5.10 Å². The van der Waals surface area contributed by atoms with Gasteiger partial charge in [0.2, 0.25) is 0 Å². The number of aryl methyl sites for hydroxylation is 2. The second kappa shape index (κ2) is 7.10. The summed E-state index contributed by atoms with van der Waals surface area (Å²) in [6, 6.07) is 10.9. The van der Waals surface area contributed by atoms with Crippen molar-refractivity contribution in [3.8, 4) is 0 Å². The van der Waals surface area contributed by atoms with E-state index in [4.69, 9.17) is 11.6 Å². The van der Waals surface area contributed by atoms with E-state index < -0.39 is 0 Å². The summed E-state index contributed by atoms with van der Waals surface area (Å²) >= 11 is 6.43. The highest BCUT2D eigenvalue weighted by Gasteiger charge is 2.22. The largest absolute Gasteiger partial charge is 0.316 e. The molecule has 0 spiro atoms. The third-order valence-electron chi connectivity index (χ3n) is 4.17. The van der Waals surface area contributed by atoms with Crippen molar-refractivity contribution in [1.29, 1.82) is 0 Å². The molecule has 2 unspecified atom stereocenters. The third kappa shape index (κ3) is 3.47. The topological polar surface area (TPSA) is 29.9 Å². The smallest absolute Gasteiger partial charge is 0.0847 e. The van der Waals surface area contributed by atoms with Crippen molar-refractivity contribution >= 4 is 11.6 Å². The number of nitrogens with one attached hydrogen (secondary N) is 1. The molecule has 2 aromatic rings. The SMILES string of the molecule is CCn1nc(C)c(Cl)c1CC(NC)C(C)c1ccccc1. The van der Waals surface area contributed by atoms with Crippen molar-refractivity contribution in [1.82, 2.24) is 15.1 Å². The van der Waals surface area contributed by atoms with Gasteiger partial charge in [0.05, 0.1) is 16.4 Å². The van der Waals surface area contributed by atoms with E-state index in [9.17, 15) is 0 Å². The van der Waals surface area contributed by atoms with E-state index in [0.717, 1.165) is 29.4 Å². The molecule has 2 rings (SSSR count). The molecule has 0 amide bonds. The van der Waals surface area contributed by atoms with E-state index in [1.54, 1.807) is 0 Å². The minimum Gasteiger partial charge on any atom is -0.316 e. The van der Waals surface area contributed by atoms with Gasteiger partial charge in [-0.1, -0.05) is 48.9 Å². The van der Waals surface area contributed by atoms with Gasteiger partial charge in [-0.25, -0.2) is 0 Å². The average molecular weight is 306 g/mol. The first-order chi connectivity index (χ1) is 10.1. The molecule has 0 aliphatic rings. The van der Waals surface area contributed by atoms with Gasteiger partial charge in [0, 0.05) is 19.0 Å². The molecular formula is C17H24ClN3. The first-order valence-corrected chi connectivity index (χ1v) is 7.90. The van der Waals surface area contributed by atoms with E-state index in [1.165, 1.54) is 5.56 Å². The summed E-state index contributed by atoms with van der Waals surface area (Å²) in [5.41, 5.74) is 3.38. The number of hydrogen-bond acceptors (Lipinski definition) is 2. The van der Waals surface area contributed by atoms with E-state index in [0.29, 0.717) is 12.0 Å². The highest BCUT2D eigenvalue weighted by molar-refractivity contribution is 6.31. The van der Waals surface area contributed by atoms with Crippen LogP contribution in [0.3, 0.4) is 0 Å². The molecule has 114 valence electrons. The average Bonchev–Trinajstić information content (AvgIpc) is 2.80. The predicted molar refractivity (Wildman–Crippen MR) is 89.1 cm³/mol. The fraction of sp³-hybridized carbons (Fsp3) is 0.471. The lowest BCUT2D eigenvalue weighted by atomic mass is 9.90. The Kier molecular flexibility index (Phi) is 5.43. The van der Waals surface area contributed by atoms with Crippen molar-refractivity contribution in [2.45, 2.75) is 45.7 Å². The summed E-state index contributed by atoms with van der Waals surface area (Å²) in [5, 5.41) is 8.74. The van der Waals surface area contributed by atoms with Crippen molar-refractivity contribution in [3.63, 3.8) is 0 Å². The minimum absolute atomic E-state index is 0.325. The lowest BCUT2D eigenvalue weighted by molar-refractivity contribution is 0.464. The molecule has 2 atom stereocenters. The van der Waals surface area contributed by atoms with E-state index >= 15 is 0 Å². The zero-order chi connectivity index (χ0) is 15.4. The van der Waals surface area contributed by atoms with Crippen molar-refractivity contribution < 1.29 is 0 Å². The van der Waals surface area contributed by atoms with Crippen LogP contribution in [-0.2, 0) is 13.0 Å². The Balaban J connectivity index is 2.24. The van der Waals surface area contributed by atoms with Crippen LogP contribution >= 0.6 is 11.6 Å². The van der Waals surface area contributed by atoms with Crippen molar-refractivity contribution in [2.24, 2.45) is 0 Å². The van der Waals surface area contributed by atoms with Gasteiger partial charge >= 0.3 is 0 Å². The van der Waals surface area contributed by atoms with E-state index in [1.807, 2.05) is 18.7 Å². The number of aromatic nitrogens is 2. The van der Waals surface area contributed by atoms with Crippen LogP contribution in [0.1, 0.15) is 36.7 Å². The molecule has 1 N–H and O–H groups in total. The molecule has 21 heavy (non-hydrogen) atoms. The Hall–Kier alpha value is -1.32. The van der Waals surface area contributed by atoms with Gasteiger partial charge in [0.25, 0.3) is 0 Å². The number of likely N-dealkylation sites (N-methyl/N-ethyl adjacent to an activating group) is 1. The lowest BCUT2D eigenvalue weighted by Gasteiger charge is -2.24. The van der Waals surface area contributed by atoms with Crippen LogP contribution in [0.4, 0.5) is 0 Å². The second-order valence-electron chi connectivity index (χ2n) is 5.46. The molecule has 0 aliphatic heterocycles. The van der Waals surface area contributed by atoms with Gasteiger partial charge in [0.15, 0.2) is 0 Å². The maximum absolute atomic E-state index is 6.43. The summed E-state index contributed by atoms with van der Waals surface area (Å²) in [7, 11) is 2.01. The Morgan fingerprint density at radius 3 is 2.52 bits per heavy atom. The molecule has 1 heterocycles. The molecule has 0 fully saturated rings. The number of hydrogen-bond donors (Lipinski definition) is 1. The molecular weight excluding hydrogens is 282 g/mol. The Morgan fingerprint density at radius 1 is 1.29 bits per heavy atom. The third-order valence-corrected chi connectivity index (χ3v) is 4.66. The monoisotopic (exact) mass is 305 g/mol. The van der Waals surface area contributed by atoms with Crippen LogP contribution in [0.2, 0.25) is 5.02 Å². The normalized spacial score (nSPS) is 14.1. The lowest BCUT2D eigenvalue weighted by Crippen LogP contribution is -2.33. The van der Waals surface area contributed by atoms with Gasteiger partial charge in [-0.15, -0.1) is 0 Å². The van der Waals surface area contributed by atoms with Gasteiger partial charge < -0.3 is 5.32 Å². The standard InChI is InChI=1S/C17H24ClN3/c1-5-21-16(17(18)13(3)20-21)11-15(19-4)12(2)14-9-7-6-8-10-14/h6-10,12,15,19H,5,11H2,1-4H3. The van der Waals surface area contributed by atoms with Gasteiger partial charge in [-0.3, -0.25) is 4.68 Å². The summed E-state index contributed by atoms with van der Waals surface area (Å²) in [4.78, 5) is 0. The van der Waals surface area contributed by atoms with Crippen LogP contribution in [0.25, 0.3) is 0 Å². The summed E-state index contributed by atoms with van der Waals surface area (Å²) in [5.74, 6) is 0.410. The Morgan fingerprint density at radius 2 is 1.95 bits per heavy atom. The predicted octanol–water partition coefficient (Wildman–Crippen LogP) is 3.80. The summed E-state index contributed by atoms with van der Waals surface area (Å²) in [6.45, 7) is 7.16. The number of benzene rings is 1. The van der Waals surface area contributed by atoms with Crippen molar-refractivity contribution in [2.75, 3.05) is 7.05 Å². The first-order valence-electron chi connectivity index (χ1n) is 7.52. The van der Waals surface area contributed by atoms with Crippen LogP contribution in [-0.4, -0.2) is 22.9 Å². The summed E-state index contributed by atoms with van der Waals surface area (Å²) < 4.78 is 2.01. The molecule has 4 heteroatoms. The molecule has 0 bridgehead atoms. The molecule has 0 radical (unpaired) electrons. The second-order valence-corrected chi connectivity index (χ2v) is 5.84. The van der Waals surface area contributed by atoms with E-state index in [2.05, 4.69) is 54.6 Å². The first kappa shape index (κ1) is 16.1. The fourth-order valence-corrected chi connectivity index (χ4v) is 3.00. The Labute approximate surface area is 132 Å². The number of halogens is 1. The quantitative estimate of drug-likeness (QED) is 0.880. The van der Waals surface area contributed by atoms with Gasteiger partial charge in [0.1, 0.15) is 0 Å². The number of rotatable bonds is 6. The molecule has 1 aromatic carbocycles. The zero-order valence-electron chi connectivity index (χ0n) is 13.2. The molecule has 0 aliphatic carbocycles. The minimum atomic E-state index is 0.325. The maximum Gasteiger partial charge on any atom is 0.0847 e. The van der Waals surface area contributed by atoms with Crippen molar-refractivity contribution in [3.05, 3.63) is 52.3 Å². The molecule has 0 saturated carbocycles. The van der Waals surface area contributed by atoms with Crippen LogP contribution in [0, 0.1) is 6.92 Å². The summed E-state index contributed by atoms with van der Waals surface area (Å²) in [6.07, 6.45) is 0.875. The van der Waals surface area contributed by atoms with Gasteiger partial charge in [-0.05, 0) is 32.4 Å². The van der Waals surface area contributed by atoms with Crippen LogP contribution in [0.15, 0.2) is 30.3 Å². The maximum atomic E-state index is 6.43.